The van der Waals surface area contributed by atoms with Crippen LogP contribution >= 0.6 is 11.3 Å². The summed E-state index contributed by atoms with van der Waals surface area (Å²) >= 11 is 1.05. The van der Waals surface area contributed by atoms with E-state index in [-0.39, 0.29) is 35.1 Å². The lowest BCUT2D eigenvalue weighted by Gasteiger charge is -2.49. The maximum Gasteiger partial charge on any atom is 0.272 e. The number of hydrogen-bond donors (Lipinski definition) is 0. The van der Waals surface area contributed by atoms with E-state index in [9.17, 15) is 13.6 Å². The van der Waals surface area contributed by atoms with Crippen LogP contribution in [0.3, 0.4) is 0 Å². The smallest absolute Gasteiger partial charge is 0.272 e. The fourth-order valence-electron chi connectivity index (χ4n) is 5.53. The number of fused-ring (bicyclic) bond motifs is 2. The van der Waals surface area contributed by atoms with Crippen LogP contribution in [0.4, 0.5) is 14.5 Å². The number of halogens is 2. The van der Waals surface area contributed by atoms with Crippen LogP contribution in [0.1, 0.15) is 56.7 Å². The van der Waals surface area contributed by atoms with Gasteiger partial charge >= 0.3 is 0 Å². The topological polar surface area (TPSA) is 83.0 Å². The highest BCUT2D eigenvalue weighted by atomic mass is 32.1. The SMILES string of the molecule is CC[C@H]1CN([C@@H](C)c2ccc3cc(C(F)F)sc3n2)[C@H](CC)CN1c1cc(=O)n(C)c2cn(CC#N)nc12. The van der Waals surface area contributed by atoms with E-state index in [2.05, 4.69) is 41.7 Å². The van der Waals surface area contributed by atoms with Gasteiger partial charge in [0.15, 0.2) is 0 Å². The summed E-state index contributed by atoms with van der Waals surface area (Å²) in [5, 5.41) is 14.6. The Bertz CT molecular complexity index is 1570. The van der Waals surface area contributed by atoms with Crippen molar-refractivity contribution in [2.24, 2.45) is 7.05 Å². The summed E-state index contributed by atoms with van der Waals surface area (Å²) in [5.74, 6) is 0. The molecule has 1 aliphatic rings. The number of anilines is 1. The molecule has 0 aromatic carbocycles. The Morgan fingerprint density at radius 3 is 2.63 bits per heavy atom. The molecule has 4 aromatic rings. The van der Waals surface area contributed by atoms with Gasteiger partial charge in [-0.1, -0.05) is 19.9 Å². The largest absolute Gasteiger partial charge is 0.364 e. The van der Waals surface area contributed by atoms with Crippen LogP contribution in [0.15, 0.2) is 35.3 Å². The van der Waals surface area contributed by atoms with Crippen LogP contribution in [0.25, 0.3) is 21.3 Å². The number of nitriles is 1. The molecular formula is C27H31F2N7OS. The summed E-state index contributed by atoms with van der Waals surface area (Å²) in [6.45, 7) is 8.01. The molecule has 5 heterocycles. The number of thiophene rings is 1. The second-order valence-electron chi connectivity index (χ2n) is 9.87. The highest BCUT2D eigenvalue weighted by Gasteiger charge is 2.36. The predicted molar refractivity (Wildman–Crippen MR) is 146 cm³/mol. The Labute approximate surface area is 223 Å². The Morgan fingerprint density at radius 1 is 1.18 bits per heavy atom. The molecule has 200 valence electrons. The van der Waals surface area contributed by atoms with Crippen molar-refractivity contribution in [3.05, 3.63) is 51.4 Å². The minimum atomic E-state index is -2.49. The van der Waals surface area contributed by atoms with Crippen molar-refractivity contribution < 1.29 is 8.78 Å². The number of rotatable bonds is 7. The number of aryl methyl sites for hydroxylation is 1. The summed E-state index contributed by atoms with van der Waals surface area (Å²) in [7, 11) is 1.72. The molecule has 0 unspecified atom stereocenters. The third kappa shape index (κ3) is 4.56. The molecule has 1 aliphatic heterocycles. The summed E-state index contributed by atoms with van der Waals surface area (Å²) < 4.78 is 29.6. The monoisotopic (exact) mass is 539 g/mol. The summed E-state index contributed by atoms with van der Waals surface area (Å²) in [6.07, 6.45) is 1.02. The molecule has 0 aliphatic carbocycles. The van der Waals surface area contributed by atoms with E-state index in [1.807, 2.05) is 12.1 Å². The number of pyridine rings is 2. The number of piperazine rings is 1. The van der Waals surface area contributed by atoms with Gasteiger partial charge in [0.05, 0.1) is 34.0 Å². The Kier molecular flexibility index (Phi) is 7.20. The molecule has 0 saturated carbocycles. The third-order valence-corrected chi connectivity index (χ3v) is 8.78. The zero-order valence-electron chi connectivity index (χ0n) is 21.9. The normalized spacial score (nSPS) is 19.5. The molecule has 3 atom stereocenters. The molecule has 0 bridgehead atoms. The lowest BCUT2D eigenvalue weighted by Crippen LogP contribution is -2.58. The molecule has 0 amide bonds. The van der Waals surface area contributed by atoms with Crippen LogP contribution in [-0.4, -0.2) is 49.4 Å². The highest BCUT2D eigenvalue weighted by Crippen LogP contribution is 2.36. The Balaban J connectivity index is 1.49. The highest BCUT2D eigenvalue weighted by molar-refractivity contribution is 7.18. The summed E-state index contributed by atoms with van der Waals surface area (Å²) in [5.41, 5.74) is 2.98. The van der Waals surface area contributed by atoms with Gasteiger partial charge < -0.3 is 9.47 Å². The number of hydrogen-bond acceptors (Lipinski definition) is 7. The van der Waals surface area contributed by atoms with Gasteiger partial charge in [0.25, 0.3) is 12.0 Å². The minimum Gasteiger partial charge on any atom is -0.364 e. The van der Waals surface area contributed by atoms with Crippen LogP contribution in [0.5, 0.6) is 0 Å². The predicted octanol–water partition coefficient (Wildman–Crippen LogP) is 5.25. The molecule has 0 radical (unpaired) electrons. The van der Waals surface area contributed by atoms with Crippen molar-refractivity contribution >= 4 is 38.3 Å². The second-order valence-corrected chi connectivity index (χ2v) is 10.9. The third-order valence-electron chi connectivity index (χ3n) is 7.72. The summed E-state index contributed by atoms with van der Waals surface area (Å²) in [4.78, 5) is 23.1. The fraction of sp³-hybridized carbons (Fsp3) is 0.481. The van der Waals surface area contributed by atoms with Crippen LogP contribution < -0.4 is 10.5 Å². The van der Waals surface area contributed by atoms with Crippen molar-refractivity contribution in [3.8, 4) is 6.07 Å². The molecule has 1 saturated heterocycles. The van der Waals surface area contributed by atoms with Crippen molar-refractivity contribution in [1.29, 1.82) is 5.26 Å². The first kappa shape index (κ1) is 26.3. The van der Waals surface area contributed by atoms with E-state index in [1.165, 1.54) is 6.07 Å². The van der Waals surface area contributed by atoms with Gasteiger partial charge in [-0.3, -0.25) is 14.4 Å². The van der Waals surface area contributed by atoms with E-state index in [1.54, 1.807) is 28.6 Å². The van der Waals surface area contributed by atoms with E-state index >= 15 is 0 Å². The van der Waals surface area contributed by atoms with E-state index in [0.29, 0.717) is 16.9 Å². The number of nitrogens with zero attached hydrogens (tertiary/aromatic N) is 7. The van der Waals surface area contributed by atoms with Crippen molar-refractivity contribution in [3.63, 3.8) is 0 Å². The lowest BCUT2D eigenvalue weighted by molar-refractivity contribution is 0.0993. The standard InChI is InChI=1S/C27H31F2N7OS/c1-5-18-14-36(21-12-24(37)33(4)22-15-34(10-9-30)32-25(21)22)19(6-2)13-35(18)16(3)20-8-7-17-11-23(26(28)29)38-27(17)31-20/h7-8,11-12,15-16,18-19,26H,5-6,10,13-14H2,1-4H3/t16-,18+,19-/m0/s1. The minimum absolute atomic E-state index is 0.00357. The maximum atomic E-state index is 13.2. The van der Waals surface area contributed by atoms with Gasteiger partial charge in [-0.2, -0.15) is 10.4 Å². The molecular weight excluding hydrogens is 508 g/mol. The molecule has 4 aromatic heterocycles. The number of aromatic nitrogens is 4. The first-order valence-corrected chi connectivity index (χ1v) is 13.7. The van der Waals surface area contributed by atoms with E-state index in [0.717, 1.165) is 53.0 Å². The Morgan fingerprint density at radius 2 is 1.95 bits per heavy atom. The van der Waals surface area contributed by atoms with Crippen LogP contribution in [0, 0.1) is 11.3 Å². The molecule has 38 heavy (non-hydrogen) atoms. The van der Waals surface area contributed by atoms with Gasteiger partial charge in [0.2, 0.25) is 0 Å². The molecule has 1 fully saturated rings. The average Bonchev–Trinajstić information content (AvgIpc) is 3.54. The molecule has 0 N–H and O–H groups in total. The average molecular weight is 540 g/mol. The molecule has 8 nitrogen and oxygen atoms in total. The lowest BCUT2D eigenvalue weighted by atomic mass is 9.98. The van der Waals surface area contributed by atoms with Crippen molar-refractivity contribution in [2.75, 3.05) is 18.0 Å². The first-order valence-electron chi connectivity index (χ1n) is 12.9. The zero-order chi connectivity index (χ0) is 27.1. The van der Waals surface area contributed by atoms with Gasteiger partial charge in [-0.15, -0.1) is 11.3 Å². The van der Waals surface area contributed by atoms with E-state index < -0.39 is 6.43 Å². The quantitative estimate of drug-likeness (QED) is 0.319. The fourth-order valence-corrected chi connectivity index (χ4v) is 6.42. The second kappa shape index (κ2) is 10.4. The molecule has 5 rings (SSSR count). The van der Waals surface area contributed by atoms with Gasteiger partial charge in [0, 0.05) is 49.7 Å². The van der Waals surface area contributed by atoms with Gasteiger partial charge in [-0.25, -0.2) is 13.8 Å². The maximum absolute atomic E-state index is 13.2. The van der Waals surface area contributed by atoms with Gasteiger partial charge in [0.1, 0.15) is 16.9 Å². The molecule has 0 spiro atoms. The van der Waals surface area contributed by atoms with Crippen LogP contribution in [0.2, 0.25) is 0 Å². The first-order chi connectivity index (χ1) is 18.2. The van der Waals surface area contributed by atoms with Crippen LogP contribution in [-0.2, 0) is 13.6 Å². The molecule has 11 heteroatoms. The van der Waals surface area contributed by atoms with E-state index in [4.69, 9.17) is 10.2 Å². The van der Waals surface area contributed by atoms with Gasteiger partial charge in [-0.05, 0) is 31.9 Å². The van der Waals surface area contributed by atoms with Crippen molar-refractivity contribution in [1.82, 2.24) is 24.2 Å². The number of alkyl halides is 2. The Hall–Kier alpha value is -3.36. The summed E-state index contributed by atoms with van der Waals surface area (Å²) in [6, 6.07) is 9.45. The van der Waals surface area contributed by atoms with Crippen molar-refractivity contribution in [2.45, 2.75) is 64.7 Å². The zero-order valence-corrected chi connectivity index (χ0v) is 22.8.